The van der Waals surface area contributed by atoms with Crippen molar-refractivity contribution in [3.8, 4) is 11.5 Å². The quantitative estimate of drug-likeness (QED) is 0.573. The number of aliphatic hydroxyl groups is 3. The standard InChI is InChI=1S/C23H29FO6/c1-4-14-11-18(26)17(10-15(14)9-13-5-7-16(29-3)8-6-13)21-20(27)22(28)23(2,24)19(12-25)30-21/h5-8,10-11,19-22,25-28H,4,9,12H2,1-3H3/t19-,20+,21+,22-,23-/m1/s1. The lowest BCUT2D eigenvalue weighted by Crippen LogP contribution is -2.60. The molecule has 1 saturated heterocycles. The number of aromatic hydroxyl groups is 1. The summed E-state index contributed by atoms with van der Waals surface area (Å²) in [6.07, 6.45) is -4.65. The first-order chi connectivity index (χ1) is 14.2. The van der Waals surface area contributed by atoms with Gasteiger partial charge in [-0.15, -0.1) is 0 Å². The molecule has 0 aromatic heterocycles. The van der Waals surface area contributed by atoms with Crippen LogP contribution in [0.15, 0.2) is 36.4 Å². The number of phenolic OH excluding ortho intramolecular Hbond substituents is 1. The van der Waals surface area contributed by atoms with Gasteiger partial charge in [0, 0.05) is 5.56 Å². The van der Waals surface area contributed by atoms with Gasteiger partial charge >= 0.3 is 0 Å². The van der Waals surface area contributed by atoms with Crippen LogP contribution >= 0.6 is 0 Å². The topological polar surface area (TPSA) is 99.4 Å². The monoisotopic (exact) mass is 420 g/mol. The summed E-state index contributed by atoms with van der Waals surface area (Å²) in [5, 5.41) is 40.9. The Kier molecular flexibility index (Phi) is 6.67. The molecule has 5 atom stereocenters. The summed E-state index contributed by atoms with van der Waals surface area (Å²) in [4.78, 5) is 0. The van der Waals surface area contributed by atoms with Crippen molar-refractivity contribution in [3.05, 3.63) is 58.7 Å². The van der Waals surface area contributed by atoms with Gasteiger partial charge in [0.1, 0.15) is 35.9 Å². The maximum absolute atomic E-state index is 14.7. The Hall–Kier alpha value is -2.19. The van der Waals surface area contributed by atoms with Crippen molar-refractivity contribution < 1.29 is 34.3 Å². The summed E-state index contributed by atoms with van der Waals surface area (Å²) in [5.41, 5.74) is 0.783. The van der Waals surface area contributed by atoms with Gasteiger partial charge < -0.3 is 29.9 Å². The van der Waals surface area contributed by atoms with E-state index in [9.17, 15) is 24.8 Å². The maximum Gasteiger partial charge on any atom is 0.164 e. The summed E-state index contributed by atoms with van der Waals surface area (Å²) in [5.74, 6) is 0.638. The predicted molar refractivity (Wildman–Crippen MR) is 110 cm³/mol. The summed E-state index contributed by atoms with van der Waals surface area (Å²) in [6, 6.07) is 10.9. The van der Waals surface area contributed by atoms with E-state index >= 15 is 0 Å². The molecule has 3 rings (SSSR count). The summed E-state index contributed by atoms with van der Waals surface area (Å²) in [7, 11) is 1.60. The van der Waals surface area contributed by atoms with E-state index in [0.717, 1.165) is 29.4 Å². The van der Waals surface area contributed by atoms with Crippen molar-refractivity contribution in [2.24, 2.45) is 0 Å². The summed E-state index contributed by atoms with van der Waals surface area (Å²) < 4.78 is 25.5. The predicted octanol–water partition coefficient (Wildman–Crippen LogP) is 2.44. The Balaban J connectivity index is 1.97. The van der Waals surface area contributed by atoms with Crippen molar-refractivity contribution in [1.29, 1.82) is 0 Å². The molecule has 7 heteroatoms. The number of aryl methyl sites for hydroxylation is 1. The highest BCUT2D eigenvalue weighted by molar-refractivity contribution is 5.46. The molecule has 1 fully saturated rings. The van der Waals surface area contributed by atoms with E-state index in [1.165, 1.54) is 0 Å². The maximum atomic E-state index is 14.7. The zero-order valence-corrected chi connectivity index (χ0v) is 17.4. The molecule has 30 heavy (non-hydrogen) atoms. The molecular weight excluding hydrogens is 391 g/mol. The van der Waals surface area contributed by atoms with Crippen molar-refractivity contribution in [2.45, 2.75) is 56.8 Å². The van der Waals surface area contributed by atoms with E-state index in [-0.39, 0.29) is 11.3 Å². The van der Waals surface area contributed by atoms with Crippen LogP contribution in [0, 0.1) is 0 Å². The number of hydrogen-bond donors (Lipinski definition) is 4. The van der Waals surface area contributed by atoms with Crippen LogP contribution in [0.1, 0.15) is 42.2 Å². The minimum absolute atomic E-state index is 0.110. The average Bonchev–Trinajstić information content (AvgIpc) is 2.74. The molecule has 0 amide bonds. The molecule has 4 N–H and O–H groups in total. The number of hydrogen-bond acceptors (Lipinski definition) is 6. The highest BCUT2D eigenvalue weighted by atomic mass is 19.1. The van der Waals surface area contributed by atoms with Gasteiger partial charge in [-0.3, -0.25) is 0 Å². The van der Waals surface area contributed by atoms with Gasteiger partial charge in [-0.25, -0.2) is 4.39 Å². The Morgan fingerprint density at radius 1 is 1.13 bits per heavy atom. The molecule has 6 nitrogen and oxygen atoms in total. The minimum atomic E-state index is -2.32. The number of alkyl halides is 1. The molecule has 0 aliphatic carbocycles. The minimum Gasteiger partial charge on any atom is -0.508 e. The fourth-order valence-electron chi connectivity index (χ4n) is 3.94. The third kappa shape index (κ3) is 4.16. The number of ether oxygens (including phenoxy) is 2. The second-order valence-corrected chi connectivity index (χ2v) is 7.87. The Bertz CT molecular complexity index is 863. The van der Waals surface area contributed by atoms with Gasteiger partial charge in [0.2, 0.25) is 0 Å². The lowest BCUT2D eigenvalue weighted by Gasteiger charge is -2.45. The number of aliphatic hydroxyl groups excluding tert-OH is 3. The summed E-state index contributed by atoms with van der Waals surface area (Å²) in [6.45, 7) is 2.38. The van der Waals surface area contributed by atoms with Crippen molar-refractivity contribution in [2.75, 3.05) is 13.7 Å². The summed E-state index contributed by atoms with van der Waals surface area (Å²) >= 11 is 0. The van der Waals surface area contributed by atoms with E-state index in [0.29, 0.717) is 12.8 Å². The van der Waals surface area contributed by atoms with E-state index in [2.05, 4.69) is 0 Å². The van der Waals surface area contributed by atoms with E-state index in [4.69, 9.17) is 9.47 Å². The molecule has 0 unspecified atom stereocenters. The normalized spacial score (nSPS) is 29.0. The van der Waals surface area contributed by atoms with Crippen LogP contribution in [-0.4, -0.2) is 58.1 Å². The van der Waals surface area contributed by atoms with Gasteiger partial charge in [-0.05, 0) is 60.7 Å². The molecule has 2 aromatic carbocycles. The molecule has 164 valence electrons. The van der Waals surface area contributed by atoms with Crippen LogP contribution in [0.25, 0.3) is 0 Å². The molecule has 0 bridgehead atoms. The molecule has 2 aromatic rings. The Morgan fingerprint density at radius 3 is 2.37 bits per heavy atom. The molecule has 0 saturated carbocycles. The third-order valence-corrected chi connectivity index (χ3v) is 5.91. The molecule has 1 aliphatic rings. The van der Waals surface area contributed by atoms with E-state index < -0.39 is 36.7 Å². The van der Waals surface area contributed by atoms with Crippen LogP contribution < -0.4 is 4.74 Å². The van der Waals surface area contributed by atoms with Crippen LogP contribution in [0.4, 0.5) is 4.39 Å². The average molecular weight is 420 g/mol. The smallest absolute Gasteiger partial charge is 0.164 e. The van der Waals surface area contributed by atoms with Crippen LogP contribution in [0.2, 0.25) is 0 Å². The van der Waals surface area contributed by atoms with Crippen molar-refractivity contribution in [3.63, 3.8) is 0 Å². The number of rotatable bonds is 6. The second kappa shape index (κ2) is 8.89. The number of methoxy groups -OCH3 is 1. The lowest BCUT2D eigenvalue weighted by molar-refractivity contribution is -0.249. The second-order valence-electron chi connectivity index (χ2n) is 7.87. The van der Waals surface area contributed by atoms with Gasteiger partial charge in [-0.1, -0.05) is 19.1 Å². The SMILES string of the molecule is CCc1cc(O)c([C@@H]2O[C@H](CO)[C@@](C)(F)[C@H](O)[C@H]2O)cc1Cc1ccc(OC)cc1. The number of halogens is 1. The number of phenols is 1. The van der Waals surface area contributed by atoms with Crippen LogP contribution in [-0.2, 0) is 17.6 Å². The van der Waals surface area contributed by atoms with E-state index in [1.807, 2.05) is 31.2 Å². The number of benzene rings is 2. The van der Waals surface area contributed by atoms with Crippen molar-refractivity contribution >= 4 is 0 Å². The van der Waals surface area contributed by atoms with Crippen molar-refractivity contribution in [1.82, 2.24) is 0 Å². The third-order valence-electron chi connectivity index (χ3n) is 5.91. The lowest BCUT2D eigenvalue weighted by atomic mass is 9.82. The Morgan fingerprint density at radius 2 is 1.80 bits per heavy atom. The fraction of sp³-hybridized carbons (Fsp3) is 0.478. The highest BCUT2D eigenvalue weighted by Crippen LogP contribution is 2.42. The molecule has 0 radical (unpaired) electrons. The van der Waals surface area contributed by atoms with Gasteiger partial charge in [0.25, 0.3) is 0 Å². The van der Waals surface area contributed by atoms with Crippen LogP contribution in [0.5, 0.6) is 11.5 Å². The van der Waals surface area contributed by atoms with E-state index in [1.54, 1.807) is 19.2 Å². The zero-order valence-electron chi connectivity index (χ0n) is 17.4. The van der Waals surface area contributed by atoms with Gasteiger partial charge in [0.15, 0.2) is 5.67 Å². The highest BCUT2D eigenvalue weighted by Gasteiger charge is 2.53. The van der Waals surface area contributed by atoms with Crippen LogP contribution in [0.3, 0.4) is 0 Å². The fourth-order valence-corrected chi connectivity index (χ4v) is 3.94. The molecular formula is C23H29FO6. The molecule has 1 heterocycles. The first-order valence-electron chi connectivity index (χ1n) is 10.0. The zero-order chi connectivity index (χ0) is 22.1. The molecule has 1 aliphatic heterocycles. The first kappa shape index (κ1) is 22.5. The van der Waals surface area contributed by atoms with Gasteiger partial charge in [-0.2, -0.15) is 0 Å². The van der Waals surface area contributed by atoms with Gasteiger partial charge in [0.05, 0.1) is 13.7 Å². The largest absolute Gasteiger partial charge is 0.508 e. The molecule has 0 spiro atoms. The Labute approximate surface area is 175 Å². The first-order valence-corrected chi connectivity index (χ1v) is 10.0.